The monoisotopic (exact) mass is 407 g/mol. The second kappa shape index (κ2) is 9.96. The largest absolute Gasteiger partial charge is 0.496 e. The Balaban J connectivity index is 1.68. The maximum absolute atomic E-state index is 6.06. The van der Waals surface area contributed by atoms with E-state index in [1.807, 2.05) is 30.3 Å². The molecule has 2 nitrogen and oxygen atoms in total. The Kier molecular flexibility index (Phi) is 7.35. The molecule has 3 aromatic rings. The molecule has 0 fully saturated rings. The van der Waals surface area contributed by atoms with E-state index in [0.717, 1.165) is 22.9 Å². The Labute approximate surface area is 179 Å². The lowest BCUT2D eigenvalue weighted by atomic mass is 9.88. The maximum atomic E-state index is 6.06. The standard InChI is InChI=1S/C26H30ClNO/c1-18(2)25(22-13-15-23(27)16-14-22)17-28-19(3)20-9-11-21(12-10-20)24-7-5-6-8-26(24)29-4/h5-16,18-19,25,28H,17H2,1-4H3. The number of nitrogens with one attached hydrogen (secondary N) is 1. The van der Waals surface area contributed by atoms with Crippen molar-refractivity contribution in [2.24, 2.45) is 5.92 Å². The molecule has 0 aliphatic heterocycles. The summed E-state index contributed by atoms with van der Waals surface area (Å²) in [5.41, 5.74) is 4.89. The zero-order valence-corrected chi connectivity index (χ0v) is 18.4. The predicted molar refractivity (Wildman–Crippen MR) is 124 cm³/mol. The Bertz CT molecular complexity index is 903. The van der Waals surface area contributed by atoms with Crippen LogP contribution in [0.3, 0.4) is 0 Å². The van der Waals surface area contributed by atoms with Crippen molar-refractivity contribution in [2.75, 3.05) is 13.7 Å². The van der Waals surface area contributed by atoms with E-state index in [2.05, 4.69) is 68.6 Å². The van der Waals surface area contributed by atoms with Crippen molar-refractivity contribution in [3.63, 3.8) is 0 Å². The number of rotatable bonds is 8. The Morgan fingerprint density at radius 1 is 0.828 bits per heavy atom. The van der Waals surface area contributed by atoms with Crippen LogP contribution < -0.4 is 10.1 Å². The third-order valence-corrected chi connectivity index (χ3v) is 5.83. The fourth-order valence-corrected chi connectivity index (χ4v) is 3.83. The van der Waals surface area contributed by atoms with Gasteiger partial charge in [-0.25, -0.2) is 0 Å². The summed E-state index contributed by atoms with van der Waals surface area (Å²) in [5, 5.41) is 4.50. The number of para-hydroxylation sites is 1. The van der Waals surface area contributed by atoms with E-state index < -0.39 is 0 Å². The summed E-state index contributed by atoms with van der Waals surface area (Å²) in [6.07, 6.45) is 0. The third-order valence-electron chi connectivity index (χ3n) is 5.58. The molecule has 3 heteroatoms. The number of methoxy groups -OCH3 is 1. The molecular formula is C26H30ClNO. The first-order chi connectivity index (χ1) is 14.0. The summed E-state index contributed by atoms with van der Waals surface area (Å²) in [7, 11) is 1.71. The molecule has 0 aromatic heterocycles. The molecule has 2 unspecified atom stereocenters. The van der Waals surface area contributed by atoms with Gasteiger partial charge in [0.25, 0.3) is 0 Å². The second-order valence-electron chi connectivity index (χ2n) is 7.85. The summed E-state index contributed by atoms with van der Waals surface area (Å²) < 4.78 is 5.49. The van der Waals surface area contributed by atoms with Crippen molar-refractivity contribution in [1.82, 2.24) is 5.32 Å². The van der Waals surface area contributed by atoms with Gasteiger partial charge >= 0.3 is 0 Å². The first-order valence-electron chi connectivity index (χ1n) is 10.2. The highest BCUT2D eigenvalue weighted by atomic mass is 35.5. The van der Waals surface area contributed by atoms with Crippen LogP contribution in [0.1, 0.15) is 43.9 Å². The molecule has 0 spiro atoms. The van der Waals surface area contributed by atoms with Crippen molar-refractivity contribution in [3.05, 3.63) is 88.9 Å². The number of benzene rings is 3. The van der Waals surface area contributed by atoms with Gasteiger partial charge in [-0.15, -0.1) is 0 Å². The van der Waals surface area contributed by atoms with Gasteiger partial charge in [-0.1, -0.05) is 80.0 Å². The molecule has 0 amide bonds. The van der Waals surface area contributed by atoms with E-state index in [0.29, 0.717) is 11.8 Å². The van der Waals surface area contributed by atoms with Crippen LogP contribution in [0.15, 0.2) is 72.8 Å². The molecule has 0 aliphatic carbocycles. The molecule has 0 saturated heterocycles. The summed E-state index contributed by atoms with van der Waals surface area (Å²) in [5.74, 6) is 1.89. The average Bonchev–Trinajstić information content (AvgIpc) is 2.75. The fourth-order valence-electron chi connectivity index (χ4n) is 3.70. The van der Waals surface area contributed by atoms with Crippen LogP contribution in [0.25, 0.3) is 11.1 Å². The molecule has 0 aliphatic rings. The van der Waals surface area contributed by atoms with Crippen molar-refractivity contribution in [2.45, 2.75) is 32.7 Å². The Hall–Kier alpha value is -2.29. The van der Waals surface area contributed by atoms with Gasteiger partial charge in [-0.3, -0.25) is 0 Å². The summed E-state index contributed by atoms with van der Waals surface area (Å²) >= 11 is 6.06. The summed E-state index contributed by atoms with van der Waals surface area (Å²) in [6.45, 7) is 7.69. The van der Waals surface area contributed by atoms with Gasteiger partial charge in [-0.05, 0) is 53.6 Å². The molecule has 29 heavy (non-hydrogen) atoms. The number of halogens is 1. The highest BCUT2D eigenvalue weighted by Gasteiger charge is 2.17. The Morgan fingerprint density at radius 3 is 2.07 bits per heavy atom. The molecular weight excluding hydrogens is 378 g/mol. The minimum Gasteiger partial charge on any atom is -0.496 e. The smallest absolute Gasteiger partial charge is 0.126 e. The zero-order valence-electron chi connectivity index (χ0n) is 17.7. The van der Waals surface area contributed by atoms with Crippen molar-refractivity contribution in [3.8, 4) is 16.9 Å². The Morgan fingerprint density at radius 2 is 1.45 bits per heavy atom. The fraction of sp³-hybridized carbons (Fsp3) is 0.308. The van der Waals surface area contributed by atoms with Crippen molar-refractivity contribution < 1.29 is 4.74 Å². The highest BCUT2D eigenvalue weighted by Crippen LogP contribution is 2.31. The van der Waals surface area contributed by atoms with Crippen LogP contribution in [0.2, 0.25) is 5.02 Å². The molecule has 0 heterocycles. The first-order valence-corrected chi connectivity index (χ1v) is 10.6. The van der Waals surface area contributed by atoms with Crippen LogP contribution in [0.5, 0.6) is 5.75 Å². The van der Waals surface area contributed by atoms with Gasteiger partial charge in [0.2, 0.25) is 0 Å². The SMILES string of the molecule is COc1ccccc1-c1ccc(C(C)NCC(c2ccc(Cl)cc2)C(C)C)cc1. The number of hydrogen-bond acceptors (Lipinski definition) is 2. The quantitative estimate of drug-likeness (QED) is 0.429. The summed E-state index contributed by atoms with van der Waals surface area (Å²) in [4.78, 5) is 0. The minimum atomic E-state index is 0.273. The lowest BCUT2D eigenvalue weighted by molar-refractivity contribution is 0.416. The van der Waals surface area contributed by atoms with Crippen molar-refractivity contribution in [1.29, 1.82) is 0 Å². The number of hydrogen-bond donors (Lipinski definition) is 1. The normalized spacial score (nSPS) is 13.3. The predicted octanol–water partition coefficient (Wildman–Crippen LogP) is 7.11. The van der Waals surface area contributed by atoms with Crippen LogP contribution in [-0.4, -0.2) is 13.7 Å². The van der Waals surface area contributed by atoms with E-state index in [1.165, 1.54) is 16.7 Å². The van der Waals surface area contributed by atoms with E-state index in [4.69, 9.17) is 16.3 Å². The highest BCUT2D eigenvalue weighted by molar-refractivity contribution is 6.30. The molecule has 152 valence electrons. The number of ether oxygens (including phenoxy) is 1. The maximum Gasteiger partial charge on any atom is 0.126 e. The van der Waals surface area contributed by atoms with E-state index in [1.54, 1.807) is 7.11 Å². The average molecular weight is 408 g/mol. The molecule has 1 N–H and O–H groups in total. The van der Waals surface area contributed by atoms with E-state index >= 15 is 0 Å². The molecule has 0 radical (unpaired) electrons. The van der Waals surface area contributed by atoms with Gasteiger partial charge in [-0.2, -0.15) is 0 Å². The third kappa shape index (κ3) is 5.41. The van der Waals surface area contributed by atoms with Gasteiger partial charge in [0.1, 0.15) is 5.75 Å². The second-order valence-corrected chi connectivity index (χ2v) is 8.29. The van der Waals surface area contributed by atoms with E-state index in [9.17, 15) is 0 Å². The van der Waals surface area contributed by atoms with Gasteiger partial charge in [0.15, 0.2) is 0 Å². The lowest BCUT2D eigenvalue weighted by Crippen LogP contribution is -2.27. The molecule has 3 rings (SSSR count). The molecule has 0 saturated carbocycles. The van der Waals surface area contributed by atoms with Gasteiger partial charge in [0.05, 0.1) is 7.11 Å². The van der Waals surface area contributed by atoms with Crippen LogP contribution in [-0.2, 0) is 0 Å². The molecule has 2 atom stereocenters. The van der Waals surface area contributed by atoms with Crippen LogP contribution >= 0.6 is 11.6 Å². The van der Waals surface area contributed by atoms with Crippen molar-refractivity contribution >= 4 is 11.6 Å². The molecule has 0 bridgehead atoms. The first kappa shape index (κ1) is 21.4. The minimum absolute atomic E-state index is 0.273. The lowest BCUT2D eigenvalue weighted by Gasteiger charge is -2.25. The van der Waals surface area contributed by atoms with Gasteiger partial charge < -0.3 is 10.1 Å². The topological polar surface area (TPSA) is 21.3 Å². The molecule has 3 aromatic carbocycles. The van der Waals surface area contributed by atoms with Gasteiger partial charge in [0, 0.05) is 23.2 Å². The van der Waals surface area contributed by atoms with Crippen LogP contribution in [0.4, 0.5) is 0 Å². The summed E-state index contributed by atoms with van der Waals surface area (Å²) in [6, 6.07) is 25.4. The van der Waals surface area contributed by atoms with E-state index in [-0.39, 0.29) is 6.04 Å². The zero-order chi connectivity index (χ0) is 20.8. The van der Waals surface area contributed by atoms with Crippen LogP contribution in [0, 0.1) is 5.92 Å².